The van der Waals surface area contributed by atoms with Crippen LogP contribution in [0.25, 0.3) is 0 Å². The van der Waals surface area contributed by atoms with Crippen LogP contribution in [-0.2, 0) is 16.5 Å². The first-order valence-corrected chi connectivity index (χ1v) is 18.8. The van der Waals surface area contributed by atoms with Gasteiger partial charge in [-0.3, -0.25) is 9.98 Å². The Morgan fingerprint density at radius 1 is 0.553 bits per heavy atom. The number of fused-ring (bicyclic) bond motifs is 2. The van der Waals surface area contributed by atoms with Crippen molar-refractivity contribution in [1.29, 1.82) is 0 Å². The molecule has 0 saturated carbocycles. The number of nitrogens with zero attached hydrogens (tertiary/aromatic N) is 2. The van der Waals surface area contributed by atoms with Crippen molar-refractivity contribution in [2.45, 2.75) is 53.4 Å². The average molecular weight is 1070 g/mol. The molecule has 1 aliphatic rings. The van der Waals surface area contributed by atoms with Gasteiger partial charge in [0.1, 0.15) is 0 Å². The van der Waals surface area contributed by atoms with Crippen LogP contribution in [0.4, 0.5) is 11.4 Å². The van der Waals surface area contributed by atoms with E-state index in [-0.39, 0.29) is 36.9 Å². The molecule has 4 aromatic rings. The molecular weight excluding hydrogens is 1040 g/mol. The minimum atomic E-state index is -0.705. The molecule has 0 amide bonds. The minimum Gasteiger partial charge on any atom is -0.872 e. The van der Waals surface area contributed by atoms with E-state index in [1.54, 1.807) is 6.21 Å². The van der Waals surface area contributed by atoms with Gasteiger partial charge in [0.2, 0.25) is 0 Å². The Morgan fingerprint density at radius 2 is 0.894 bits per heavy atom. The van der Waals surface area contributed by atoms with Crippen LogP contribution in [0.1, 0.15) is 61.8 Å². The van der Waals surface area contributed by atoms with E-state index in [0.717, 1.165) is 11.4 Å². The van der Waals surface area contributed by atoms with E-state index >= 15 is 0 Å². The molecule has 0 aliphatic carbocycles. The summed E-state index contributed by atoms with van der Waals surface area (Å²) in [5.74, 6) is 0.530. The van der Waals surface area contributed by atoms with Gasteiger partial charge in [-0.25, -0.2) is 0 Å². The first-order valence-electron chi connectivity index (χ1n) is 14.0. The Kier molecular flexibility index (Phi) is 14.7. The van der Waals surface area contributed by atoms with Crippen LogP contribution in [0.5, 0.6) is 34.5 Å². The molecule has 0 fully saturated rings. The van der Waals surface area contributed by atoms with Crippen molar-refractivity contribution >= 4 is 119 Å². The van der Waals surface area contributed by atoms with Gasteiger partial charge in [0, 0.05) is 12.4 Å². The Hall–Kier alpha value is -1.21. The largest absolute Gasteiger partial charge is 2.00 e. The molecule has 0 atom stereocenters. The molecule has 0 N–H and O–H groups in total. The van der Waals surface area contributed by atoms with Gasteiger partial charge in [-0.1, -0.05) is 75.6 Å². The maximum Gasteiger partial charge on any atom is 2.00 e. The summed E-state index contributed by atoms with van der Waals surface area (Å²) in [6.07, 6.45) is 3.62. The molecule has 0 unspecified atom stereocenters. The van der Waals surface area contributed by atoms with E-state index in [1.165, 1.54) is 22.3 Å². The summed E-state index contributed by atoms with van der Waals surface area (Å²) in [5, 5.41) is 23.8. The Bertz CT molecular complexity index is 1700. The second-order valence-corrected chi connectivity index (χ2v) is 15.7. The molecule has 47 heavy (non-hydrogen) atoms. The van der Waals surface area contributed by atoms with Gasteiger partial charge in [-0.05, 0) is 144 Å². The number of halogens is 6. The van der Waals surface area contributed by atoms with Crippen LogP contribution in [-0.4, -0.2) is 12.4 Å². The van der Waals surface area contributed by atoms with Gasteiger partial charge in [0.25, 0.3) is 0 Å². The normalized spacial score (nSPS) is 12.0. The topological polar surface area (TPSA) is 89.3 Å². The fraction of sp³-hybridized carbons (Fsp3) is 0.235. The maximum atomic E-state index is 11.9. The molecular formula is C34H28Br6N2NiO4. The second-order valence-electron chi connectivity index (χ2n) is 11.0. The van der Waals surface area contributed by atoms with Crippen molar-refractivity contribution in [1.82, 2.24) is 0 Å². The maximum absolute atomic E-state index is 11.9. The van der Waals surface area contributed by atoms with Crippen LogP contribution in [0.3, 0.4) is 0 Å². The molecule has 0 bridgehead atoms. The zero-order valence-electron chi connectivity index (χ0n) is 25.9. The van der Waals surface area contributed by atoms with E-state index in [1.807, 2.05) is 6.21 Å². The summed E-state index contributed by atoms with van der Waals surface area (Å²) in [4.78, 5) is 9.34. The van der Waals surface area contributed by atoms with Gasteiger partial charge in [0.05, 0.1) is 38.2 Å². The summed E-state index contributed by atoms with van der Waals surface area (Å²) >= 11 is 19.8. The van der Waals surface area contributed by atoms with Gasteiger partial charge in [-0.2, -0.15) is 0 Å². The van der Waals surface area contributed by atoms with Gasteiger partial charge in [0.15, 0.2) is 23.0 Å². The van der Waals surface area contributed by atoms with Crippen LogP contribution in [0.2, 0.25) is 0 Å². The van der Waals surface area contributed by atoms with Crippen molar-refractivity contribution in [3.8, 4) is 34.5 Å². The summed E-state index contributed by atoms with van der Waals surface area (Å²) < 4.78 is 14.3. The summed E-state index contributed by atoms with van der Waals surface area (Å²) in [5.41, 5.74) is 7.08. The van der Waals surface area contributed by atoms with Gasteiger partial charge in [-0.15, -0.1) is 0 Å². The summed E-state index contributed by atoms with van der Waals surface area (Å²) in [7, 11) is 0. The third kappa shape index (κ3) is 8.58. The predicted octanol–water partition coefficient (Wildman–Crippen LogP) is 13.0. The number of para-hydroxylation sites is 2. The number of rotatable bonds is 5. The minimum absolute atomic E-state index is 0. The van der Waals surface area contributed by atoms with Crippen molar-refractivity contribution in [2.75, 3.05) is 0 Å². The predicted molar refractivity (Wildman–Crippen MR) is 205 cm³/mol. The molecule has 0 aromatic heterocycles. The number of benzene rings is 4. The summed E-state index contributed by atoms with van der Waals surface area (Å²) in [6, 6.07) is 12.7. The molecule has 250 valence electrons. The van der Waals surface area contributed by atoms with Crippen molar-refractivity contribution < 1.29 is 36.2 Å². The zero-order chi connectivity index (χ0) is 34.0. The van der Waals surface area contributed by atoms with Crippen LogP contribution >= 0.6 is 95.6 Å². The van der Waals surface area contributed by atoms with Crippen LogP contribution < -0.4 is 19.7 Å². The fourth-order valence-electron chi connectivity index (χ4n) is 4.65. The number of hydrogen-bond donors (Lipinski definition) is 0. The van der Waals surface area contributed by atoms with Gasteiger partial charge < -0.3 is 19.7 Å². The molecule has 1 aliphatic heterocycles. The average Bonchev–Trinajstić information content (AvgIpc) is 3.03. The van der Waals surface area contributed by atoms with Crippen LogP contribution in [0, 0.1) is 13.8 Å². The molecule has 0 saturated heterocycles. The van der Waals surface area contributed by atoms with Crippen LogP contribution in [0.15, 0.2) is 73.2 Å². The molecule has 6 nitrogen and oxygen atoms in total. The Morgan fingerprint density at radius 3 is 1.28 bits per heavy atom. The second kappa shape index (κ2) is 17.1. The standard InChI is InChI=1S/C22H28N2.C12H2Br6O4.Ni/c1-15(2)19-11-8-12-20(16(3)4)22(19)24-14-13-23-21-17(5)9-7-10-18(21)6;13-1-2(14)4(16)10-9(3(1)15)21-11-5(17)7(19)8(20)6(18)12(11)22-10;/h7-16H,1-6H3;19-20H;/q;;+2/p-2. The van der Waals surface area contributed by atoms with E-state index in [4.69, 9.17) is 14.5 Å². The fourth-order valence-corrected chi connectivity index (χ4v) is 7.74. The first-order chi connectivity index (χ1) is 21.7. The van der Waals surface area contributed by atoms with Crippen molar-refractivity contribution in [2.24, 2.45) is 9.98 Å². The molecule has 0 radical (unpaired) electrons. The number of ether oxygens (including phenoxy) is 2. The molecule has 4 aromatic carbocycles. The van der Waals surface area contributed by atoms with E-state index < -0.39 is 11.5 Å². The SMILES string of the molecule is Cc1cccc(C)c1N=CC=Nc1c(C(C)C)cccc1C(C)C.[Ni+2].[O-]c1c([O-])c(Br)c2c(c1Br)Oc1c(Br)c(Br)c(Br)c(Br)c1O2. The third-order valence-electron chi connectivity index (χ3n) is 7.06. The smallest absolute Gasteiger partial charge is 0.872 e. The van der Waals surface area contributed by atoms with Crippen molar-refractivity contribution in [3.05, 3.63) is 85.5 Å². The molecule has 13 heteroatoms. The molecule has 0 spiro atoms. The molecule has 5 rings (SSSR count). The number of hydrogen-bond acceptors (Lipinski definition) is 6. The monoisotopic (exact) mass is 1060 g/mol. The number of aryl methyl sites for hydroxylation is 2. The zero-order valence-corrected chi connectivity index (χ0v) is 36.4. The third-order valence-corrected chi connectivity index (χ3v) is 13.2. The first kappa shape index (κ1) is 40.2. The quantitative estimate of drug-likeness (QED) is 0.0759. The number of aliphatic imine (C=N–C) groups is 2. The van der Waals surface area contributed by atoms with Crippen molar-refractivity contribution in [3.63, 3.8) is 0 Å². The summed E-state index contributed by atoms with van der Waals surface area (Å²) in [6.45, 7) is 13.0. The van der Waals surface area contributed by atoms with E-state index in [2.05, 4.69) is 179 Å². The Labute approximate surface area is 335 Å². The molecule has 1 heterocycles. The Balaban J connectivity index is 0.000000251. The van der Waals surface area contributed by atoms with Gasteiger partial charge >= 0.3 is 16.5 Å². The van der Waals surface area contributed by atoms with E-state index in [0.29, 0.717) is 41.2 Å². The van der Waals surface area contributed by atoms with E-state index in [9.17, 15) is 10.2 Å².